The fourth-order valence-electron chi connectivity index (χ4n) is 3.52. The Morgan fingerprint density at radius 1 is 1.13 bits per heavy atom. The summed E-state index contributed by atoms with van der Waals surface area (Å²) in [5, 5.41) is 9.66. The van der Waals surface area contributed by atoms with E-state index in [9.17, 15) is 13.5 Å². The third-order valence-electron chi connectivity index (χ3n) is 4.82. The summed E-state index contributed by atoms with van der Waals surface area (Å²) in [6, 6.07) is 7.12. The molecule has 6 nitrogen and oxygen atoms in total. The zero-order valence-corrected chi connectivity index (χ0v) is 14.2. The van der Waals surface area contributed by atoms with Crippen molar-refractivity contribution >= 4 is 10.0 Å². The summed E-state index contributed by atoms with van der Waals surface area (Å²) >= 11 is 0. The molecule has 0 unspecified atom stereocenters. The van der Waals surface area contributed by atoms with E-state index in [0.717, 1.165) is 25.8 Å². The Kier molecular flexibility index (Phi) is 4.91. The lowest BCUT2D eigenvalue weighted by Crippen LogP contribution is -2.46. The first-order chi connectivity index (χ1) is 11.0. The molecule has 0 aliphatic carbocycles. The highest BCUT2D eigenvalue weighted by molar-refractivity contribution is 7.89. The normalized spacial score (nSPS) is 24.9. The SMILES string of the molecule is COc1ccccc1S(=O)(=O)N1CCC(N2CC[C@H](O)C2)CC1. The molecule has 2 aliphatic heterocycles. The standard InChI is InChI=1S/C16H24N2O4S/c1-22-15-4-2-3-5-16(15)23(20,21)18-10-6-13(7-11-18)17-9-8-14(19)12-17/h2-5,13-14,19H,6-12H2,1H3/t14-/m0/s1. The second kappa shape index (κ2) is 6.76. The number of sulfonamides is 1. The van der Waals surface area contributed by atoms with Gasteiger partial charge >= 0.3 is 0 Å². The van der Waals surface area contributed by atoms with Crippen LogP contribution in [0.1, 0.15) is 19.3 Å². The molecule has 2 aliphatic rings. The van der Waals surface area contributed by atoms with E-state index in [1.165, 1.54) is 7.11 Å². The van der Waals surface area contributed by atoms with Gasteiger partial charge in [-0.1, -0.05) is 12.1 Å². The van der Waals surface area contributed by atoms with E-state index in [2.05, 4.69) is 4.90 Å². The van der Waals surface area contributed by atoms with Crippen LogP contribution in [0.4, 0.5) is 0 Å². The Morgan fingerprint density at radius 3 is 2.43 bits per heavy atom. The van der Waals surface area contributed by atoms with E-state index in [4.69, 9.17) is 4.74 Å². The lowest BCUT2D eigenvalue weighted by molar-refractivity contribution is 0.132. The molecule has 0 saturated carbocycles. The van der Waals surface area contributed by atoms with Gasteiger partial charge in [0, 0.05) is 32.2 Å². The Labute approximate surface area is 137 Å². The number of methoxy groups -OCH3 is 1. The van der Waals surface area contributed by atoms with Crippen molar-refractivity contribution in [3.63, 3.8) is 0 Å². The largest absolute Gasteiger partial charge is 0.495 e. The maximum atomic E-state index is 12.8. The molecule has 0 aromatic heterocycles. The van der Waals surface area contributed by atoms with Gasteiger partial charge in [-0.3, -0.25) is 4.90 Å². The maximum Gasteiger partial charge on any atom is 0.246 e. The van der Waals surface area contributed by atoms with Crippen LogP contribution in [-0.4, -0.2) is 68.2 Å². The Balaban J connectivity index is 1.69. The number of likely N-dealkylation sites (tertiary alicyclic amines) is 1. The van der Waals surface area contributed by atoms with Crippen LogP contribution in [0.5, 0.6) is 5.75 Å². The highest BCUT2D eigenvalue weighted by atomic mass is 32.2. The molecular weight excluding hydrogens is 316 g/mol. The van der Waals surface area contributed by atoms with E-state index in [0.29, 0.717) is 31.4 Å². The van der Waals surface area contributed by atoms with E-state index >= 15 is 0 Å². The quantitative estimate of drug-likeness (QED) is 0.882. The summed E-state index contributed by atoms with van der Waals surface area (Å²) in [5.41, 5.74) is 0. The van der Waals surface area contributed by atoms with E-state index in [1.807, 2.05) is 0 Å². The molecule has 0 amide bonds. The van der Waals surface area contributed by atoms with Gasteiger partial charge in [-0.2, -0.15) is 4.31 Å². The zero-order chi connectivity index (χ0) is 16.4. The van der Waals surface area contributed by atoms with Gasteiger partial charge in [-0.15, -0.1) is 0 Å². The molecule has 7 heteroatoms. The molecule has 128 valence electrons. The van der Waals surface area contributed by atoms with Crippen LogP contribution < -0.4 is 4.74 Å². The summed E-state index contributed by atoms with van der Waals surface area (Å²) in [5.74, 6) is 0.386. The number of β-amino-alcohol motifs (C(OH)–C–C–N with tert-alkyl or cyclic N) is 1. The van der Waals surface area contributed by atoms with Crippen molar-refractivity contribution < 1.29 is 18.3 Å². The van der Waals surface area contributed by atoms with Crippen molar-refractivity contribution in [2.75, 3.05) is 33.3 Å². The fourth-order valence-corrected chi connectivity index (χ4v) is 5.14. The molecule has 1 N–H and O–H groups in total. The minimum atomic E-state index is -3.52. The van der Waals surface area contributed by atoms with E-state index < -0.39 is 10.0 Å². The van der Waals surface area contributed by atoms with Crippen LogP contribution in [0.2, 0.25) is 0 Å². The van der Waals surface area contributed by atoms with E-state index in [-0.39, 0.29) is 11.0 Å². The Bertz CT molecular complexity index is 641. The number of aliphatic hydroxyl groups excluding tert-OH is 1. The lowest BCUT2D eigenvalue weighted by Gasteiger charge is -2.36. The van der Waals surface area contributed by atoms with Crippen molar-refractivity contribution in [1.82, 2.24) is 9.21 Å². The molecule has 0 radical (unpaired) electrons. The summed E-state index contributed by atoms with van der Waals surface area (Å²) in [4.78, 5) is 2.52. The number of nitrogens with zero attached hydrogens (tertiary/aromatic N) is 2. The monoisotopic (exact) mass is 340 g/mol. The van der Waals surface area contributed by atoms with Gasteiger partial charge in [0.25, 0.3) is 0 Å². The Hall–Kier alpha value is -1.15. The summed E-state index contributed by atoms with van der Waals surface area (Å²) in [7, 11) is -2.04. The summed E-state index contributed by atoms with van der Waals surface area (Å²) in [6.07, 6.45) is 2.20. The maximum absolute atomic E-state index is 12.8. The first kappa shape index (κ1) is 16.7. The average molecular weight is 340 g/mol. The van der Waals surface area contributed by atoms with Gasteiger partial charge in [0.1, 0.15) is 10.6 Å². The lowest BCUT2D eigenvalue weighted by atomic mass is 10.1. The molecule has 0 spiro atoms. The second-order valence-corrected chi connectivity index (χ2v) is 8.13. The number of aliphatic hydroxyl groups is 1. The molecule has 2 fully saturated rings. The van der Waals surface area contributed by atoms with Crippen LogP contribution in [0, 0.1) is 0 Å². The van der Waals surface area contributed by atoms with Crippen molar-refractivity contribution in [1.29, 1.82) is 0 Å². The molecule has 1 atom stereocenters. The average Bonchev–Trinajstić information content (AvgIpc) is 3.01. The number of hydrogen-bond donors (Lipinski definition) is 1. The molecule has 1 aromatic carbocycles. The first-order valence-corrected chi connectivity index (χ1v) is 9.51. The van der Waals surface area contributed by atoms with Gasteiger partial charge in [0.05, 0.1) is 13.2 Å². The van der Waals surface area contributed by atoms with E-state index in [1.54, 1.807) is 28.6 Å². The van der Waals surface area contributed by atoms with Crippen molar-refractivity contribution in [3.05, 3.63) is 24.3 Å². The predicted octanol–water partition coefficient (Wildman–Crippen LogP) is 0.915. The second-order valence-electron chi connectivity index (χ2n) is 6.22. The first-order valence-electron chi connectivity index (χ1n) is 8.07. The molecule has 2 heterocycles. The van der Waals surface area contributed by atoms with Crippen LogP contribution in [-0.2, 0) is 10.0 Å². The summed E-state index contributed by atoms with van der Waals surface area (Å²) < 4.78 is 32.4. The number of piperidine rings is 1. The van der Waals surface area contributed by atoms with Crippen LogP contribution in [0.15, 0.2) is 29.2 Å². The van der Waals surface area contributed by atoms with Crippen LogP contribution >= 0.6 is 0 Å². The fraction of sp³-hybridized carbons (Fsp3) is 0.625. The zero-order valence-electron chi connectivity index (χ0n) is 13.4. The number of benzene rings is 1. The molecule has 1 aromatic rings. The van der Waals surface area contributed by atoms with Crippen molar-refractivity contribution in [2.45, 2.75) is 36.3 Å². The number of rotatable bonds is 4. The summed E-state index contributed by atoms with van der Waals surface area (Å²) in [6.45, 7) is 2.64. The van der Waals surface area contributed by atoms with Gasteiger partial charge in [0.2, 0.25) is 10.0 Å². The topological polar surface area (TPSA) is 70.1 Å². The Morgan fingerprint density at radius 2 is 1.83 bits per heavy atom. The van der Waals surface area contributed by atoms with Crippen LogP contribution in [0.25, 0.3) is 0 Å². The minimum absolute atomic E-state index is 0.231. The number of para-hydroxylation sites is 1. The third-order valence-corrected chi connectivity index (χ3v) is 6.76. The van der Waals surface area contributed by atoms with Gasteiger partial charge < -0.3 is 9.84 Å². The van der Waals surface area contributed by atoms with Crippen molar-refractivity contribution in [3.8, 4) is 5.75 Å². The smallest absolute Gasteiger partial charge is 0.246 e. The molecule has 23 heavy (non-hydrogen) atoms. The predicted molar refractivity (Wildman–Crippen MR) is 87.0 cm³/mol. The molecular formula is C16H24N2O4S. The number of ether oxygens (including phenoxy) is 1. The number of hydrogen-bond acceptors (Lipinski definition) is 5. The molecule has 3 rings (SSSR count). The van der Waals surface area contributed by atoms with Gasteiger partial charge in [-0.25, -0.2) is 8.42 Å². The molecule has 0 bridgehead atoms. The molecule has 2 saturated heterocycles. The van der Waals surface area contributed by atoms with Gasteiger partial charge in [-0.05, 0) is 31.4 Å². The third kappa shape index (κ3) is 3.38. The highest BCUT2D eigenvalue weighted by Crippen LogP contribution is 2.29. The minimum Gasteiger partial charge on any atom is -0.495 e. The van der Waals surface area contributed by atoms with Crippen molar-refractivity contribution in [2.24, 2.45) is 0 Å². The van der Waals surface area contributed by atoms with Gasteiger partial charge in [0.15, 0.2) is 0 Å². The highest BCUT2D eigenvalue weighted by Gasteiger charge is 2.34. The van der Waals surface area contributed by atoms with Crippen LogP contribution in [0.3, 0.4) is 0 Å².